The van der Waals surface area contributed by atoms with Crippen LogP contribution >= 0.6 is 0 Å². The molecule has 0 N–H and O–H groups in total. The van der Waals surface area contributed by atoms with Gasteiger partial charge in [0.1, 0.15) is 5.76 Å². The van der Waals surface area contributed by atoms with Crippen LogP contribution in [0.25, 0.3) is 17.3 Å². The number of carbonyl (C=O) groups is 3. The summed E-state index contributed by atoms with van der Waals surface area (Å²) in [5.41, 5.74) is 5.75. The first-order valence-corrected chi connectivity index (χ1v) is 10.7. The molecule has 0 radical (unpaired) electrons. The number of ketones is 2. The number of aryl methyl sites for hydroxylation is 2. The Hall–Kier alpha value is -4.06. The van der Waals surface area contributed by atoms with Crippen molar-refractivity contribution in [1.29, 1.82) is 0 Å². The van der Waals surface area contributed by atoms with Crippen molar-refractivity contribution in [2.24, 2.45) is 5.92 Å². The third kappa shape index (κ3) is 4.90. The Morgan fingerprint density at radius 1 is 1.06 bits per heavy atom. The first-order valence-electron chi connectivity index (χ1n) is 10.7. The lowest BCUT2D eigenvalue weighted by Gasteiger charge is -2.15. The van der Waals surface area contributed by atoms with Crippen molar-refractivity contribution in [2.75, 3.05) is 0 Å². The second-order valence-corrected chi connectivity index (χ2v) is 8.16. The number of rotatable bonds is 6. The summed E-state index contributed by atoms with van der Waals surface area (Å²) in [6, 6.07) is 16.0. The average Bonchev–Trinajstić information content (AvgIpc) is 3.16. The molecule has 33 heavy (non-hydrogen) atoms. The third-order valence-corrected chi connectivity index (χ3v) is 5.60. The molecule has 0 spiro atoms. The van der Waals surface area contributed by atoms with E-state index in [0.717, 1.165) is 16.7 Å². The van der Waals surface area contributed by atoms with Crippen LogP contribution in [0.2, 0.25) is 0 Å². The van der Waals surface area contributed by atoms with Gasteiger partial charge in [-0.3, -0.25) is 19.1 Å². The van der Waals surface area contributed by atoms with Gasteiger partial charge in [0.15, 0.2) is 17.5 Å². The van der Waals surface area contributed by atoms with Gasteiger partial charge in [-0.1, -0.05) is 42.5 Å². The van der Waals surface area contributed by atoms with Gasteiger partial charge in [0.2, 0.25) is 0 Å². The summed E-state index contributed by atoms with van der Waals surface area (Å²) in [6.07, 6.45) is 5.89. The van der Waals surface area contributed by atoms with E-state index in [0.29, 0.717) is 17.8 Å². The fourth-order valence-electron chi connectivity index (χ4n) is 3.69. The highest BCUT2D eigenvalue weighted by Gasteiger charge is 2.36. The molecule has 4 rings (SSSR count). The number of esters is 1. The Morgan fingerprint density at radius 2 is 1.82 bits per heavy atom. The predicted molar refractivity (Wildman–Crippen MR) is 125 cm³/mol. The van der Waals surface area contributed by atoms with E-state index in [-0.39, 0.29) is 5.76 Å². The predicted octanol–water partition coefficient (Wildman–Crippen LogP) is 4.44. The Morgan fingerprint density at radius 3 is 2.52 bits per heavy atom. The number of allylic oxidation sites excluding steroid dienone is 3. The van der Waals surface area contributed by atoms with Crippen molar-refractivity contribution in [3.05, 3.63) is 94.9 Å². The Kier molecular flexibility index (Phi) is 6.18. The van der Waals surface area contributed by atoms with Gasteiger partial charge in [-0.25, -0.2) is 0 Å². The highest BCUT2D eigenvalue weighted by molar-refractivity contribution is 6.25. The number of cyclic esters (lactones) is 1. The molecule has 0 amide bonds. The maximum Gasteiger partial charge on any atom is 0.329 e. The molecule has 1 aromatic heterocycles. The van der Waals surface area contributed by atoms with Crippen molar-refractivity contribution in [3.8, 4) is 11.3 Å². The lowest BCUT2D eigenvalue weighted by Crippen LogP contribution is -2.34. The van der Waals surface area contributed by atoms with Gasteiger partial charge in [-0.15, -0.1) is 0 Å². The molecule has 2 heterocycles. The topological polar surface area (TPSA) is 78.3 Å². The average molecular weight is 440 g/mol. The fourth-order valence-corrected chi connectivity index (χ4v) is 3.69. The number of hydrogen-bond acceptors (Lipinski definition) is 5. The molecule has 1 aliphatic heterocycles. The minimum atomic E-state index is -1.46. The van der Waals surface area contributed by atoms with Crippen LogP contribution in [-0.2, 0) is 25.7 Å². The fraction of sp³-hybridized carbons (Fsp3) is 0.185. The molecule has 166 valence electrons. The van der Waals surface area contributed by atoms with Crippen LogP contribution < -0.4 is 0 Å². The molecule has 0 aliphatic carbocycles. The smallest absolute Gasteiger partial charge is 0.329 e. The van der Waals surface area contributed by atoms with Crippen LogP contribution in [-0.4, -0.2) is 27.3 Å². The number of benzene rings is 2. The number of nitrogens with zero attached hydrogens (tertiary/aromatic N) is 2. The van der Waals surface area contributed by atoms with Crippen molar-refractivity contribution < 1.29 is 19.1 Å². The highest BCUT2D eigenvalue weighted by atomic mass is 16.5. The van der Waals surface area contributed by atoms with Gasteiger partial charge in [0.25, 0.3) is 0 Å². The van der Waals surface area contributed by atoms with Crippen LogP contribution in [0.4, 0.5) is 0 Å². The second-order valence-electron chi connectivity index (χ2n) is 8.16. The van der Waals surface area contributed by atoms with Gasteiger partial charge >= 0.3 is 5.97 Å². The maximum absolute atomic E-state index is 12.7. The molecule has 2 aromatic carbocycles. The van der Waals surface area contributed by atoms with E-state index < -0.39 is 23.5 Å². The lowest BCUT2D eigenvalue weighted by atomic mass is 9.95. The molecular formula is C27H24N2O4. The molecule has 1 aliphatic rings. The monoisotopic (exact) mass is 440 g/mol. The van der Waals surface area contributed by atoms with Crippen LogP contribution in [0.1, 0.15) is 29.2 Å². The zero-order valence-electron chi connectivity index (χ0n) is 18.7. The molecule has 6 heteroatoms. The summed E-state index contributed by atoms with van der Waals surface area (Å²) in [5.74, 6) is -3.29. The van der Waals surface area contributed by atoms with Gasteiger partial charge in [-0.05, 0) is 55.7 Å². The Labute approximate surface area is 192 Å². The zero-order chi connectivity index (χ0) is 23.5. The zero-order valence-corrected chi connectivity index (χ0v) is 18.7. The van der Waals surface area contributed by atoms with Crippen LogP contribution in [0.3, 0.4) is 0 Å². The van der Waals surface area contributed by atoms with E-state index in [2.05, 4.69) is 6.07 Å². The SMILES string of the molecule is CC1=CC(=O)C(C(=O)C=Cc2cn(Cc3ccccc3)nc2-c2ccc(C)c(C)c2)C(=O)O1. The summed E-state index contributed by atoms with van der Waals surface area (Å²) < 4.78 is 6.78. The van der Waals surface area contributed by atoms with Crippen LogP contribution in [0, 0.1) is 19.8 Å². The largest absolute Gasteiger partial charge is 0.430 e. The van der Waals surface area contributed by atoms with Gasteiger partial charge in [-0.2, -0.15) is 5.10 Å². The number of ether oxygens (including phenoxy) is 1. The van der Waals surface area contributed by atoms with Crippen LogP contribution in [0.5, 0.6) is 0 Å². The summed E-state index contributed by atoms with van der Waals surface area (Å²) in [5, 5.41) is 4.76. The minimum absolute atomic E-state index is 0.192. The summed E-state index contributed by atoms with van der Waals surface area (Å²) in [6.45, 7) is 6.15. The number of carbonyl (C=O) groups excluding carboxylic acids is 3. The maximum atomic E-state index is 12.7. The van der Waals surface area contributed by atoms with E-state index >= 15 is 0 Å². The first kappa shape index (κ1) is 22.1. The molecule has 0 saturated heterocycles. The van der Waals surface area contributed by atoms with E-state index in [9.17, 15) is 14.4 Å². The van der Waals surface area contributed by atoms with Crippen molar-refractivity contribution in [1.82, 2.24) is 9.78 Å². The standard InChI is InChI=1S/C27H24N2O4/c1-17-9-10-21(13-18(17)2)26-22(16-29(28-26)15-20-7-5-4-6-8-20)11-12-23(30)25-24(31)14-19(3)33-27(25)32/h4-14,16,25H,15H2,1-3H3. The van der Waals surface area contributed by atoms with Gasteiger partial charge in [0, 0.05) is 23.4 Å². The minimum Gasteiger partial charge on any atom is -0.430 e. The highest BCUT2D eigenvalue weighted by Crippen LogP contribution is 2.26. The number of hydrogen-bond donors (Lipinski definition) is 0. The molecule has 6 nitrogen and oxygen atoms in total. The van der Waals surface area contributed by atoms with Crippen molar-refractivity contribution in [2.45, 2.75) is 27.3 Å². The molecule has 3 aromatic rings. The molecule has 1 atom stereocenters. The summed E-state index contributed by atoms with van der Waals surface area (Å²) in [4.78, 5) is 36.9. The quantitative estimate of drug-likeness (QED) is 0.322. The Bertz CT molecular complexity index is 1300. The molecule has 0 fully saturated rings. The number of aromatic nitrogens is 2. The summed E-state index contributed by atoms with van der Waals surface area (Å²) in [7, 11) is 0. The van der Waals surface area contributed by atoms with Crippen molar-refractivity contribution in [3.63, 3.8) is 0 Å². The summed E-state index contributed by atoms with van der Waals surface area (Å²) >= 11 is 0. The van der Waals surface area contributed by atoms with Crippen LogP contribution in [0.15, 0.2) is 72.6 Å². The van der Waals surface area contributed by atoms with E-state index in [1.165, 1.54) is 24.6 Å². The molecule has 1 unspecified atom stereocenters. The molecule has 0 bridgehead atoms. The lowest BCUT2D eigenvalue weighted by molar-refractivity contribution is -0.151. The van der Waals surface area contributed by atoms with E-state index in [4.69, 9.17) is 9.84 Å². The van der Waals surface area contributed by atoms with E-state index in [1.807, 2.05) is 67.2 Å². The van der Waals surface area contributed by atoms with E-state index in [1.54, 1.807) is 6.08 Å². The third-order valence-electron chi connectivity index (χ3n) is 5.60. The second kappa shape index (κ2) is 9.20. The van der Waals surface area contributed by atoms with Gasteiger partial charge in [0.05, 0.1) is 12.2 Å². The molecular weight excluding hydrogens is 416 g/mol. The first-order chi connectivity index (χ1) is 15.8. The van der Waals surface area contributed by atoms with Crippen molar-refractivity contribution >= 4 is 23.6 Å². The Balaban J connectivity index is 1.68. The molecule has 0 saturated carbocycles. The normalized spacial score (nSPS) is 16.1. The van der Waals surface area contributed by atoms with Gasteiger partial charge < -0.3 is 4.74 Å².